The van der Waals surface area contributed by atoms with Gasteiger partial charge in [0.2, 0.25) is 10.0 Å². The van der Waals surface area contributed by atoms with Crippen LogP contribution in [0.15, 0.2) is 82.6 Å². The molecule has 11 heteroatoms. The predicted molar refractivity (Wildman–Crippen MR) is 141 cm³/mol. The van der Waals surface area contributed by atoms with E-state index in [0.717, 1.165) is 18.4 Å². The van der Waals surface area contributed by atoms with Crippen molar-refractivity contribution in [2.24, 2.45) is 0 Å². The fourth-order valence-corrected chi connectivity index (χ4v) is 6.44. The maximum absolute atomic E-state index is 12.6. The molecule has 3 aromatic rings. The van der Waals surface area contributed by atoms with Crippen LogP contribution in [0.5, 0.6) is 5.75 Å². The van der Waals surface area contributed by atoms with Gasteiger partial charge in [-0.05, 0) is 74.4 Å². The number of nitrogens with one attached hydrogen (secondary N) is 2. The number of nitrogens with zero attached hydrogens (tertiary/aromatic N) is 1. The van der Waals surface area contributed by atoms with Gasteiger partial charge in [-0.15, -0.1) is 0 Å². The number of hydrogen-bond acceptors (Lipinski definition) is 6. The van der Waals surface area contributed by atoms with E-state index >= 15 is 0 Å². The number of anilines is 1. The third-order valence-corrected chi connectivity index (χ3v) is 9.20. The molecule has 4 rings (SSSR count). The van der Waals surface area contributed by atoms with E-state index in [2.05, 4.69) is 10.0 Å². The Labute approximate surface area is 217 Å². The monoisotopic (exact) mass is 543 g/mol. The molecule has 0 spiro atoms. The van der Waals surface area contributed by atoms with Gasteiger partial charge in [0.15, 0.2) is 0 Å². The lowest BCUT2D eigenvalue weighted by Crippen LogP contribution is -2.28. The summed E-state index contributed by atoms with van der Waals surface area (Å²) in [6, 6.07) is 18.9. The fraction of sp³-hybridized carbons (Fsp3) is 0.269. The van der Waals surface area contributed by atoms with Gasteiger partial charge in [-0.3, -0.25) is 9.52 Å². The van der Waals surface area contributed by atoms with Gasteiger partial charge >= 0.3 is 0 Å². The van der Waals surface area contributed by atoms with Crippen molar-refractivity contribution in [1.82, 2.24) is 9.62 Å². The molecule has 0 radical (unpaired) electrons. The Morgan fingerprint density at radius 1 is 0.892 bits per heavy atom. The van der Waals surface area contributed by atoms with Crippen LogP contribution in [-0.4, -0.2) is 53.3 Å². The van der Waals surface area contributed by atoms with E-state index < -0.39 is 20.0 Å². The normalized spacial score (nSPS) is 14.3. The van der Waals surface area contributed by atoms with Crippen molar-refractivity contribution in [2.75, 3.05) is 31.0 Å². The second-order valence-corrected chi connectivity index (χ2v) is 12.3. The third kappa shape index (κ3) is 6.68. The summed E-state index contributed by atoms with van der Waals surface area (Å²) in [5.41, 5.74) is 1.51. The van der Waals surface area contributed by atoms with Crippen molar-refractivity contribution in [1.29, 1.82) is 0 Å². The van der Waals surface area contributed by atoms with Gasteiger partial charge in [-0.2, -0.15) is 4.31 Å². The van der Waals surface area contributed by atoms with Crippen LogP contribution in [0.25, 0.3) is 0 Å². The Hall–Kier alpha value is -3.41. The quantitative estimate of drug-likeness (QED) is 0.378. The molecule has 1 saturated heterocycles. The lowest BCUT2D eigenvalue weighted by atomic mass is 10.2. The number of benzene rings is 3. The number of ether oxygens (including phenoxy) is 1. The van der Waals surface area contributed by atoms with Crippen molar-refractivity contribution in [2.45, 2.75) is 29.6 Å². The number of rotatable bonds is 10. The van der Waals surface area contributed by atoms with Crippen LogP contribution in [-0.2, 0) is 20.0 Å². The number of amides is 1. The minimum Gasteiger partial charge on any atom is -0.492 e. The lowest BCUT2D eigenvalue weighted by molar-refractivity contribution is 0.0947. The average molecular weight is 544 g/mol. The van der Waals surface area contributed by atoms with Crippen molar-refractivity contribution in [3.63, 3.8) is 0 Å². The summed E-state index contributed by atoms with van der Waals surface area (Å²) in [5, 5.41) is 2.73. The highest BCUT2D eigenvalue weighted by molar-refractivity contribution is 7.92. The largest absolute Gasteiger partial charge is 0.492 e. The van der Waals surface area contributed by atoms with E-state index in [0.29, 0.717) is 24.4 Å². The molecule has 1 aliphatic heterocycles. The van der Waals surface area contributed by atoms with E-state index in [-0.39, 0.29) is 34.5 Å². The van der Waals surface area contributed by atoms with E-state index in [1.54, 1.807) is 42.5 Å². The molecule has 0 unspecified atom stereocenters. The number of hydrogen-bond donors (Lipinski definition) is 2. The molecule has 1 aliphatic rings. The molecule has 3 aromatic carbocycles. The van der Waals surface area contributed by atoms with Gasteiger partial charge < -0.3 is 10.1 Å². The van der Waals surface area contributed by atoms with Gasteiger partial charge in [0, 0.05) is 24.3 Å². The Balaban J connectivity index is 1.28. The van der Waals surface area contributed by atoms with Crippen molar-refractivity contribution in [3.05, 3.63) is 83.9 Å². The van der Waals surface area contributed by atoms with Crippen LogP contribution in [0.3, 0.4) is 0 Å². The van der Waals surface area contributed by atoms with E-state index in [1.807, 2.05) is 6.92 Å². The summed E-state index contributed by atoms with van der Waals surface area (Å²) in [4.78, 5) is 12.9. The highest BCUT2D eigenvalue weighted by atomic mass is 32.2. The summed E-state index contributed by atoms with van der Waals surface area (Å²) >= 11 is 0. The molecule has 9 nitrogen and oxygen atoms in total. The Kier molecular flexibility index (Phi) is 8.16. The van der Waals surface area contributed by atoms with Gasteiger partial charge in [0.05, 0.1) is 16.3 Å². The molecule has 1 fully saturated rings. The van der Waals surface area contributed by atoms with Gasteiger partial charge in [-0.1, -0.05) is 23.8 Å². The molecule has 0 atom stereocenters. The summed E-state index contributed by atoms with van der Waals surface area (Å²) in [5.74, 6) is 0.106. The maximum Gasteiger partial charge on any atom is 0.261 e. The summed E-state index contributed by atoms with van der Waals surface area (Å²) in [6.07, 6.45) is 1.75. The number of carbonyl (C=O) groups excluding carboxylic acids is 1. The second kappa shape index (κ2) is 11.3. The SMILES string of the molecule is Cc1ccc(S(=O)(=O)Nc2cccc(C(=O)NCCOc3ccc(S(=O)(=O)N4CCCC4)cc3)c2)cc1. The number of carbonyl (C=O) groups is 1. The minimum atomic E-state index is -3.78. The minimum absolute atomic E-state index is 0.131. The number of sulfonamides is 2. The van der Waals surface area contributed by atoms with Crippen LogP contribution in [0.4, 0.5) is 5.69 Å². The molecule has 1 amide bonds. The molecule has 0 saturated carbocycles. The zero-order valence-corrected chi connectivity index (χ0v) is 22.0. The first-order valence-electron chi connectivity index (χ1n) is 11.9. The van der Waals surface area contributed by atoms with E-state index in [9.17, 15) is 21.6 Å². The molecule has 196 valence electrons. The summed E-state index contributed by atoms with van der Waals surface area (Å²) in [7, 11) is -7.26. The highest BCUT2D eigenvalue weighted by Crippen LogP contribution is 2.23. The molecule has 0 bridgehead atoms. The molecule has 37 heavy (non-hydrogen) atoms. The maximum atomic E-state index is 12.6. The van der Waals surface area contributed by atoms with Gasteiger partial charge in [-0.25, -0.2) is 16.8 Å². The van der Waals surface area contributed by atoms with Crippen LogP contribution in [0.1, 0.15) is 28.8 Å². The molecule has 1 heterocycles. The standard InChI is InChI=1S/C26H29N3O6S2/c1-20-7-11-24(12-8-20)36(31,32)28-22-6-4-5-21(19-22)26(30)27-15-18-35-23-9-13-25(14-10-23)37(33,34)29-16-2-3-17-29/h4-14,19,28H,2-3,15-18H2,1H3,(H,27,30). The second-order valence-electron chi connectivity index (χ2n) is 8.69. The zero-order chi connectivity index (χ0) is 26.5. The smallest absolute Gasteiger partial charge is 0.261 e. The van der Waals surface area contributed by atoms with Crippen LogP contribution in [0, 0.1) is 6.92 Å². The molecule has 0 aliphatic carbocycles. The van der Waals surface area contributed by atoms with Crippen molar-refractivity contribution < 1.29 is 26.4 Å². The third-order valence-electron chi connectivity index (χ3n) is 5.89. The Morgan fingerprint density at radius 3 is 2.22 bits per heavy atom. The molecule has 2 N–H and O–H groups in total. The first-order chi connectivity index (χ1) is 17.6. The first-order valence-corrected chi connectivity index (χ1v) is 14.8. The predicted octanol–water partition coefficient (Wildman–Crippen LogP) is 3.39. The van der Waals surface area contributed by atoms with Crippen LogP contribution < -0.4 is 14.8 Å². The number of aryl methyl sites for hydroxylation is 1. The summed E-state index contributed by atoms with van der Waals surface area (Å²) in [6.45, 7) is 3.33. The lowest BCUT2D eigenvalue weighted by Gasteiger charge is -2.15. The Morgan fingerprint density at radius 2 is 1.54 bits per heavy atom. The van der Waals surface area contributed by atoms with Gasteiger partial charge in [0.1, 0.15) is 12.4 Å². The van der Waals surface area contributed by atoms with Crippen LogP contribution >= 0.6 is 0 Å². The average Bonchev–Trinajstić information content (AvgIpc) is 3.43. The zero-order valence-electron chi connectivity index (χ0n) is 20.4. The summed E-state index contributed by atoms with van der Waals surface area (Å²) < 4.78 is 60.0. The highest BCUT2D eigenvalue weighted by Gasteiger charge is 2.27. The van der Waals surface area contributed by atoms with E-state index in [4.69, 9.17) is 4.74 Å². The topological polar surface area (TPSA) is 122 Å². The fourth-order valence-electron chi connectivity index (χ4n) is 3.88. The molecular formula is C26H29N3O6S2. The van der Waals surface area contributed by atoms with Crippen molar-refractivity contribution in [3.8, 4) is 5.75 Å². The molecule has 0 aromatic heterocycles. The Bertz CT molecular complexity index is 1450. The van der Waals surface area contributed by atoms with Crippen LogP contribution in [0.2, 0.25) is 0 Å². The molecular weight excluding hydrogens is 514 g/mol. The van der Waals surface area contributed by atoms with Gasteiger partial charge in [0.25, 0.3) is 15.9 Å². The van der Waals surface area contributed by atoms with Crippen molar-refractivity contribution >= 4 is 31.6 Å². The first kappa shape index (κ1) is 26.6. The van der Waals surface area contributed by atoms with E-state index in [1.165, 1.54) is 34.6 Å².